The number of nitrogens with zero attached hydrogens (tertiary/aromatic N) is 3. The molecule has 1 heterocycles. The fourth-order valence-corrected chi connectivity index (χ4v) is 3.22. The summed E-state index contributed by atoms with van der Waals surface area (Å²) in [7, 11) is 1.72. The van der Waals surface area contributed by atoms with E-state index in [2.05, 4.69) is 20.9 Å². The molecular weight excluding hydrogens is 503 g/mol. The Morgan fingerprint density at radius 3 is 2.38 bits per heavy atom. The SMILES string of the molecule is CCNC=O.CNCCn1c(=O)nc(Nc2ccc(OC(C)C)c(F)c2)n(Cc2ccc(Cl)cc2)c1=O. The van der Waals surface area contributed by atoms with Gasteiger partial charge in [0.05, 0.1) is 12.6 Å². The van der Waals surface area contributed by atoms with Gasteiger partial charge in [0.2, 0.25) is 12.4 Å². The first-order valence-corrected chi connectivity index (χ1v) is 12.1. The van der Waals surface area contributed by atoms with Crippen molar-refractivity contribution < 1.29 is 13.9 Å². The van der Waals surface area contributed by atoms with Gasteiger partial charge in [-0.1, -0.05) is 23.7 Å². The highest BCUT2D eigenvalue weighted by Gasteiger charge is 2.15. The number of hydrogen-bond donors (Lipinski definition) is 3. The highest BCUT2D eigenvalue weighted by atomic mass is 35.5. The van der Waals surface area contributed by atoms with Crippen LogP contribution in [0.2, 0.25) is 5.02 Å². The van der Waals surface area contributed by atoms with Crippen LogP contribution >= 0.6 is 11.6 Å². The molecule has 0 unspecified atom stereocenters. The van der Waals surface area contributed by atoms with Crippen LogP contribution in [0.3, 0.4) is 0 Å². The lowest BCUT2D eigenvalue weighted by Crippen LogP contribution is -2.44. The molecule has 0 atom stereocenters. The quantitative estimate of drug-likeness (QED) is 0.324. The summed E-state index contributed by atoms with van der Waals surface area (Å²) in [5, 5.41) is 8.79. The van der Waals surface area contributed by atoms with Crippen LogP contribution in [0.5, 0.6) is 5.75 Å². The van der Waals surface area contributed by atoms with Crippen LogP contribution < -0.4 is 32.1 Å². The van der Waals surface area contributed by atoms with Crippen molar-refractivity contribution in [3.63, 3.8) is 0 Å². The highest BCUT2D eigenvalue weighted by molar-refractivity contribution is 6.30. The normalized spacial score (nSPS) is 10.5. The summed E-state index contributed by atoms with van der Waals surface area (Å²) in [5.41, 5.74) is -0.118. The molecule has 200 valence electrons. The Labute approximate surface area is 219 Å². The lowest BCUT2D eigenvalue weighted by molar-refractivity contribution is -0.109. The predicted molar refractivity (Wildman–Crippen MR) is 142 cm³/mol. The summed E-state index contributed by atoms with van der Waals surface area (Å²) in [6, 6.07) is 11.3. The maximum absolute atomic E-state index is 14.4. The molecule has 0 saturated carbocycles. The van der Waals surface area contributed by atoms with Gasteiger partial charge in [-0.3, -0.25) is 9.36 Å². The zero-order valence-corrected chi connectivity index (χ0v) is 22.0. The van der Waals surface area contributed by atoms with Crippen molar-refractivity contribution in [1.29, 1.82) is 0 Å². The number of anilines is 2. The Balaban J connectivity index is 0.000000877. The molecule has 0 saturated heterocycles. The molecule has 37 heavy (non-hydrogen) atoms. The number of likely N-dealkylation sites (N-methyl/N-ethyl adjacent to an activating group) is 1. The monoisotopic (exact) mass is 534 g/mol. The van der Waals surface area contributed by atoms with Gasteiger partial charge in [0, 0.05) is 36.4 Å². The van der Waals surface area contributed by atoms with Crippen LogP contribution in [0.25, 0.3) is 0 Å². The van der Waals surface area contributed by atoms with Gasteiger partial charge in [0.15, 0.2) is 11.6 Å². The second kappa shape index (κ2) is 14.8. The summed E-state index contributed by atoms with van der Waals surface area (Å²) in [6.07, 6.45) is 0.500. The maximum atomic E-state index is 14.4. The lowest BCUT2D eigenvalue weighted by Gasteiger charge is -2.16. The molecule has 0 spiro atoms. The zero-order valence-electron chi connectivity index (χ0n) is 21.3. The number of aromatic nitrogens is 3. The molecule has 0 aliphatic heterocycles. The van der Waals surface area contributed by atoms with Crippen molar-refractivity contribution >= 4 is 29.6 Å². The van der Waals surface area contributed by atoms with Gasteiger partial charge in [-0.25, -0.2) is 18.5 Å². The van der Waals surface area contributed by atoms with E-state index in [-0.39, 0.29) is 30.9 Å². The molecule has 3 N–H and O–H groups in total. The standard InChI is InChI=1S/C22H25ClFN5O3.C3H7NO/c1-14(2)32-19-9-8-17(12-18(19)24)26-20-27-21(30)28(11-10-25-3)22(31)29(20)13-15-4-6-16(23)7-5-15;1-2-4-3-5/h4-9,12,14,25H,10-11,13H2,1-3H3,(H,26,27,30);3H,2H2,1H3,(H,4,5). The van der Waals surface area contributed by atoms with Gasteiger partial charge in [-0.15, -0.1) is 0 Å². The maximum Gasteiger partial charge on any atom is 0.354 e. The molecule has 3 rings (SSSR count). The van der Waals surface area contributed by atoms with E-state index in [9.17, 15) is 18.8 Å². The number of rotatable bonds is 11. The van der Waals surface area contributed by atoms with Gasteiger partial charge in [0.1, 0.15) is 0 Å². The molecular formula is C25H32ClFN6O4. The number of nitrogens with one attached hydrogen (secondary N) is 3. The molecule has 0 fully saturated rings. The first-order valence-electron chi connectivity index (χ1n) is 11.7. The fourth-order valence-electron chi connectivity index (χ4n) is 3.10. The van der Waals surface area contributed by atoms with E-state index in [1.807, 2.05) is 6.92 Å². The number of carbonyl (C=O) groups is 1. The second-order valence-electron chi connectivity index (χ2n) is 8.08. The molecule has 1 aromatic heterocycles. The van der Waals surface area contributed by atoms with Gasteiger partial charge < -0.3 is 20.7 Å². The molecule has 0 aliphatic rings. The van der Waals surface area contributed by atoms with Crippen molar-refractivity contribution in [2.45, 2.75) is 40.0 Å². The van der Waals surface area contributed by atoms with Crippen LogP contribution in [-0.4, -0.2) is 46.8 Å². The summed E-state index contributed by atoms with van der Waals surface area (Å²) >= 11 is 5.96. The van der Waals surface area contributed by atoms with Crippen molar-refractivity contribution in [2.75, 3.05) is 25.5 Å². The van der Waals surface area contributed by atoms with E-state index >= 15 is 0 Å². The first kappa shape index (κ1) is 29.5. The van der Waals surface area contributed by atoms with E-state index in [0.717, 1.165) is 16.7 Å². The van der Waals surface area contributed by atoms with Crippen LogP contribution in [0, 0.1) is 5.82 Å². The van der Waals surface area contributed by atoms with Crippen molar-refractivity contribution in [3.05, 3.63) is 79.8 Å². The molecule has 12 heteroatoms. The second-order valence-corrected chi connectivity index (χ2v) is 8.52. The van der Waals surface area contributed by atoms with Crippen LogP contribution in [-0.2, 0) is 17.9 Å². The lowest BCUT2D eigenvalue weighted by atomic mass is 10.2. The smallest absolute Gasteiger partial charge is 0.354 e. The number of carbonyl (C=O) groups excluding carboxylic acids is 1. The van der Waals surface area contributed by atoms with Crippen LogP contribution in [0.1, 0.15) is 26.3 Å². The largest absolute Gasteiger partial charge is 0.488 e. The highest BCUT2D eigenvalue weighted by Crippen LogP contribution is 2.24. The summed E-state index contributed by atoms with van der Waals surface area (Å²) in [5.74, 6) is -0.454. The van der Waals surface area contributed by atoms with E-state index < -0.39 is 17.2 Å². The first-order chi connectivity index (χ1) is 17.7. The van der Waals surface area contributed by atoms with Gasteiger partial charge in [0.25, 0.3) is 0 Å². The third kappa shape index (κ3) is 9.03. The summed E-state index contributed by atoms with van der Waals surface area (Å²) in [6.45, 7) is 6.92. The fraction of sp³-hybridized carbons (Fsp3) is 0.360. The van der Waals surface area contributed by atoms with Crippen molar-refractivity contribution in [1.82, 2.24) is 24.8 Å². The molecule has 3 aromatic rings. The number of hydrogen-bond acceptors (Lipinski definition) is 7. The Kier molecular flexibility index (Phi) is 11.8. The van der Waals surface area contributed by atoms with E-state index in [1.165, 1.54) is 16.7 Å². The zero-order chi connectivity index (χ0) is 27.4. The minimum atomic E-state index is -0.694. The minimum absolute atomic E-state index is 0.00702. The third-order valence-electron chi connectivity index (χ3n) is 4.83. The number of halogens is 2. The topological polar surface area (TPSA) is 119 Å². The Hall–Kier alpha value is -3.70. The molecule has 10 nitrogen and oxygen atoms in total. The van der Waals surface area contributed by atoms with Gasteiger partial charge in [-0.2, -0.15) is 4.98 Å². The Morgan fingerprint density at radius 1 is 1.14 bits per heavy atom. The van der Waals surface area contributed by atoms with E-state index in [1.54, 1.807) is 51.2 Å². The molecule has 0 aliphatic carbocycles. The molecule has 1 amide bonds. The van der Waals surface area contributed by atoms with Gasteiger partial charge >= 0.3 is 11.4 Å². The van der Waals surface area contributed by atoms with Gasteiger partial charge in [-0.05, 0) is 57.6 Å². The summed E-state index contributed by atoms with van der Waals surface area (Å²) < 4.78 is 22.2. The predicted octanol–water partition coefficient (Wildman–Crippen LogP) is 2.75. The molecule has 2 aromatic carbocycles. The van der Waals surface area contributed by atoms with Crippen LogP contribution in [0.4, 0.5) is 16.0 Å². The number of benzene rings is 2. The average Bonchev–Trinajstić information content (AvgIpc) is 2.85. The number of amides is 1. The average molecular weight is 535 g/mol. The molecule has 0 bridgehead atoms. The van der Waals surface area contributed by atoms with Crippen molar-refractivity contribution in [2.24, 2.45) is 0 Å². The Bertz CT molecular complexity index is 1280. The minimum Gasteiger partial charge on any atom is -0.488 e. The summed E-state index contributed by atoms with van der Waals surface area (Å²) in [4.78, 5) is 39.0. The van der Waals surface area contributed by atoms with Crippen molar-refractivity contribution in [3.8, 4) is 5.75 Å². The molecule has 0 radical (unpaired) electrons. The number of ether oxygens (including phenoxy) is 1. The van der Waals surface area contributed by atoms with E-state index in [0.29, 0.717) is 23.7 Å². The van der Waals surface area contributed by atoms with E-state index in [4.69, 9.17) is 16.3 Å². The third-order valence-corrected chi connectivity index (χ3v) is 5.08. The Morgan fingerprint density at radius 2 is 1.84 bits per heavy atom. The van der Waals surface area contributed by atoms with Crippen LogP contribution in [0.15, 0.2) is 52.1 Å².